The van der Waals surface area contributed by atoms with Crippen LogP contribution in [0.3, 0.4) is 0 Å². The molecule has 2 rings (SSSR count). The van der Waals surface area contributed by atoms with Crippen molar-refractivity contribution in [3.05, 3.63) is 16.0 Å². The number of rotatable bonds is 4. The predicted molar refractivity (Wildman–Crippen MR) is 74.3 cm³/mol. The fourth-order valence-electron chi connectivity index (χ4n) is 2.14. The van der Waals surface area contributed by atoms with Crippen molar-refractivity contribution in [1.29, 1.82) is 5.26 Å². The average Bonchev–Trinajstić information content (AvgIpc) is 2.98. The van der Waals surface area contributed by atoms with Crippen LogP contribution in [0.4, 0.5) is 5.00 Å². The summed E-state index contributed by atoms with van der Waals surface area (Å²) in [6.45, 7) is 1.80. The first-order valence-corrected chi connectivity index (χ1v) is 7.17. The first-order chi connectivity index (χ1) is 9.58. The molecule has 1 amide bonds. The van der Waals surface area contributed by atoms with Crippen molar-refractivity contribution < 1.29 is 14.3 Å². The molecular formula is C13H15N3O3S. The Labute approximate surface area is 120 Å². The van der Waals surface area contributed by atoms with Crippen molar-refractivity contribution in [2.75, 3.05) is 11.9 Å². The number of ether oxygens (including phenoxy) is 1. The van der Waals surface area contributed by atoms with Crippen LogP contribution in [0.25, 0.3) is 0 Å². The van der Waals surface area contributed by atoms with Crippen molar-refractivity contribution in [2.24, 2.45) is 5.73 Å². The number of thiophene rings is 1. The van der Waals surface area contributed by atoms with Crippen LogP contribution in [-0.2, 0) is 27.2 Å². The van der Waals surface area contributed by atoms with Gasteiger partial charge in [-0.05, 0) is 31.7 Å². The fourth-order valence-corrected chi connectivity index (χ4v) is 3.38. The summed E-state index contributed by atoms with van der Waals surface area (Å²) in [5.74, 6) is -1.42. The zero-order valence-electron chi connectivity index (χ0n) is 11.1. The number of aryl methyl sites for hydroxylation is 1. The van der Waals surface area contributed by atoms with Gasteiger partial charge in [-0.25, -0.2) is 4.79 Å². The van der Waals surface area contributed by atoms with Gasteiger partial charge in [0.2, 0.25) is 0 Å². The highest BCUT2D eigenvalue weighted by Gasteiger charge is 2.27. The standard InChI is InChI=1S/C13H15N3O3S/c1-2-19-13(18)10(15)11(17)16-12-8(6-14)7-4-3-5-9(7)20-12/h10H,2-5,15H2,1H3,(H,16,17). The third-order valence-corrected chi connectivity index (χ3v) is 4.30. The molecule has 0 aliphatic heterocycles. The topological polar surface area (TPSA) is 105 Å². The van der Waals surface area contributed by atoms with Gasteiger partial charge in [-0.2, -0.15) is 5.26 Å². The lowest BCUT2D eigenvalue weighted by Gasteiger charge is -2.10. The first kappa shape index (κ1) is 14.5. The van der Waals surface area contributed by atoms with Crippen LogP contribution in [-0.4, -0.2) is 24.5 Å². The van der Waals surface area contributed by atoms with Gasteiger partial charge in [0.15, 0.2) is 6.04 Å². The third kappa shape index (κ3) is 2.66. The molecule has 6 nitrogen and oxygen atoms in total. The van der Waals surface area contributed by atoms with Gasteiger partial charge >= 0.3 is 5.97 Å². The first-order valence-electron chi connectivity index (χ1n) is 6.36. The molecule has 1 unspecified atom stereocenters. The fraction of sp³-hybridized carbons (Fsp3) is 0.462. The molecule has 0 fully saturated rings. The maximum Gasteiger partial charge on any atom is 0.332 e. The summed E-state index contributed by atoms with van der Waals surface area (Å²) >= 11 is 1.38. The van der Waals surface area contributed by atoms with E-state index >= 15 is 0 Å². The van der Waals surface area contributed by atoms with Crippen LogP contribution in [0.15, 0.2) is 0 Å². The van der Waals surface area contributed by atoms with Gasteiger partial charge in [0, 0.05) is 4.88 Å². The Morgan fingerprint density at radius 3 is 2.95 bits per heavy atom. The molecule has 1 aliphatic carbocycles. The maximum atomic E-state index is 11.9. The minimum atomic E-state index is -1.38. The van der Waals surface area contributed by atoms with E-state index in [2.05, 4.69) is 11.4 Å². The van der Waals surface area contributed by atoms with Crippen LogP contribution in [0.5, 0.6) is 0 Å². The smallest absolute Gasteiger partial charge is 0.332 e. The van der Waals surface area contributed by atoms with E-state index in [-0.39, 0.29) is 6.61 Å². The van der Waals surface area contributed by atoms with Crippen molar-refractivity contribution in [1.82, 2.24) is 0 Å². The predicted octanol–water partition coefficient (Wildman–Crippen LogP) is 0.937. The number of anilines is 1. The molecule has 0 spiro atoms. The number of hydrogen-bond acceptors (Lipinski definition) is 6. The molecule has 7 heteroatoms. The molecule has 20 heavy (non-hydrogen) atoms. The minimum absolute atomic E-state index is 0.163. The third-order valence-electron chi connectivity index (χ3n) is 3.09. The van der Waals surface area contributed by atoms with E-state index in [9.17, 15) is 14.9 Å². The van der Waals surface area contributed by atoms with E-state index in [1.165, 1.54) is 11.3 Å². The normalized spacial score (nSPS) is 14.2. The molecule has 1 heterocycles. The molecule has 1 aromatic heterocycles. The molecule has 1 aliphatic rings. The summed E-state index contributed by atoms with van der Waals surface area (Å²) in [6.07, 6.45) is 2.81. The zero-order valence-corrected chi connectivity index (χ0v) is 11.9. The van der Waals surface area contributed by atoms with E-state index in [1.807, 2.05) is 0 Å². The summed E-state index contributed by atoms with van der Waals surface area (Å²) in [5.41, 5.74) is 7.02. The number of nitrogens with one attached hydrogen (secondary N) is 1. The number of nitrogens with two attached hydrogens (primary N) is 1. The van der Waals surface area contributed by atoms with Gasteiger partial charge in [-0.15, -0.1) is 11.3 Å². The van der Waals surface area contributed by atoms with Gasteiger partial charge in [-0.3, -0.25) is 4.79 Å². The van der Waals surface area contributed by atoms with E-state index in [0.717, 1.165) is 29.7 Å². The van der Waals surface area contributed by atoms with Crippen LogP contribution < -0.4 is 11.1 Å². The number of hydrogen-bond donors (Lipinski definition) is 2. The number of fused-ring (bicyclic) bond motifs is 1. The van der Waals surface area contributed by atoms with Gasteiger partial charge in [-0.1, -0.05) is 0 Å². The van der Waals surface area contributed by atoms with Crippen LogP contribution in [0.1, 0.15) is 29.3 Å². The molecule has 1 atom stereocenters. The Morgan fingerprint density at radius 1 is 1.55 bits per heavy atom. The summed E-state index contributed by atoms with van der Waals surface area (Å²) in [4.78, 5) is 24.4. The van der Waals surface area contributed by atoms with Gasteiger partial charge in [0.1, 0.15) is 11.1 Å². The highest BCUT2D eigenvalue weighted by Crippen LogP contribution is 2.38. The Morgan fingerprint density at radius 2 is 2.30 bits per heavy atom. The quantitative estimate of drug-likeness (QED) is 0.635. The van der Waals surface area contributed by atoms with Gasteiger partial charge in [0.25, 0.3) is 5.91 Å². The lowest BCUT2D eigenvalue weighted by molar-refractivity contribution is -0.146. The number of esters is 1. The minimum Gasteiger partial charge on any atom is -0.464 e. The molecule has 0 saturated heterocycles. The molecule has 0 bridgehead atoms. The lowest BCUT2D eigenvalue weighted by atomic mass is 10.1. The van der Waals surface area contributed by atoms with Crippen LogP contribution in [0, 0.1) is 11.3 Å². The molecule has 0 saturated carbocycles. The second kappa shape index (κ2) is 6.03. The number of nitrogens with zero attached hydrogens (tertiary/aromatic N) is 1. The van der Waals surface area contributed by atoms with Crippen LogP contribution >= 0.6 is 11.3 Å². The molecule has 3 N–H and O–H groups in total. The molecule has 0 radical (unpaired) electrons. The molecule has 1 aromatic rings. The Kier molecular flexibility index (Phi) is 4.37. The molecule has 106 valence electrons. The average molecular weight is 293 g/mol. The van der Waals surface area contributed by atoms with E-state index in [4.69, 9.17) is 10.5 Å². The summed E-state index contributed by atoms with van der Waals surface area (Å²) in [7, 11) is 0. The number of nitriles is 1. The van der Waals surface area contributed by atoms with E-state index < -0.39 is 17.9 Å². The van der Waals surface area contributed by atoms with Crippen molar-refractivity contribution >= 4 is 28.2 Å². The lowest BCUT2D eigenvalue weighted by Crippen LogP contribution is -2.43. The van der Waals surface area contributed by atoms with Gasteiger partial charge < -0.3 is 15.8 Å². The number of carbonyl (C=O) groups is 2. The largest absolute Gasteiger partial charge is 0.464 e. The second-order valence-electron chi connectivity index (χ2n) is 4.39. The maximum absolute atomic E-state index is 11.9. The van der Waals surface area contributed by atoms with Crippen molar-refractivity contribution in [3.8, 4) is 6.07 Å². The molecular weight excluding hydrogens is 278 g/mol. The zero-order chi connectivity index (χ0) is 14.7. The summed E-state index contributed by atoms with van der Waals surface area (Å²) in [6, 6.07) is 0.737. The summed E-state index contributed by atoms with van der Waals surface area (Å²) in [5, 5.41) is 12.2. The molecule has 0 aromatic carbocycles. The van der Waals surface area contributed by atoms with E-state index in [0.29, 0.717) is 10.6 Å². The SMILES string of the molecule is CCOC(=O)C(N)C(=O)Nc1sc2c(c1C#N)CCC2. The Balaban J connectivity index is 2.13. The van der Waals surface area contributed by atoms with Crippen molar-refractivity contribution in [2.45, 2.75) is 32.2 Å². The second-order valence-corrected chi connectivity index (χ2v) is 5.50. The number of carbonyl (C=O) groups excluding carboxylic acids is 2. The Bertz CT molecular complexity index is 588. The summed E-state index contributed by atoms with van der Waals surface area (Å²) < 4.78 is 4.69. The van der Waals surface area contributed by atoms with Gasteiger partial charge in [0.05, 0.1) is 12.2 Å². The van der Waals surface area contributed by atoms with Crippen molar-refractivity contribution in [3.63, 3.8) is 0 Å². The highest BCUT2D eigenvalue weighted by molar-refractivity contribution is 7.16. The van der Waals surface area contributed by atoms with E-state index in [1.54, 1.807) is 6.92 Å². The monoisotopic (exact) mass is 293 g/mol. The highest BCUT2D eigenvalue weighted by atomic mass is 32.1. The Hall–Kier alpha value is -1.91. The number of amides is 1. The van der Waals surface area contributed by atoms with Crippen LogP contribution in [0.2, 0.25) is 0 Å².